The van der Waals surface area contributed by atoms with E-state index < -0.39 is 5.97 Å². The van der Waals surface area contributed by atoms with Crippen LogP contribution in [0.25, 0.3) is 16.8 Å². The Bertz CT molecular complexity index is 677. The summed E-state index contributed by atoms with van der Waals surface area (Å²) >= 11 is 0. The second-order valence-electron chi connectivity index (χ2n) is 4.33. The Morgan fingerprint density at radius 2 is 2.20 bits per heavy atom. The molecule has 0 atom stereocenters. The summed E-state index contributed by atoms with van der Waals surface area (Å²) in [6.07, 6.45) is 3.09. The first kappa shape index (κ1) is 13.9. The van der Waals surface area contributed by atoms with Gasteiger partial charge >= 0.3 is 5.97 Å². The molecule has 0 saturated heterocycles. The number of nitrogens with zero attached hydrogens (tertiary/aromatic N) is 1. The van der Waals surface area contributed by atoms with Crippen LogP contribution in [0.5, 0.6) is 0 Å². The largest absolute Gasteiger partial charge is 0.461 e. The molecule has 20 heavy (non-hydrogen) atoms. The van der Waals surface area contributed by atoms with Gasteiger partial charge in [0.15, 0.2) is 6.29 Å². The lowest BCUT2D eigenvalue weighted by Gasteiger charge is -2.07. The zero-order valence-corrected chi connectivity index (χ0v) is 11.3. The van der Waals surface area contributed by atoms with Crippen molar-refractivity contribution in [3.05, 3.63) is 47.8 Å². The van der Waals surface area contributed by atoms with Gasteiger partial charge in [0.25, 0.3) is 0 Å². The van der Waals surface area contributed by atoms with E-state index in [2.05, 4.69) is 11.6 Å². The fourth-order valence-corrected chi connectivity index (χ4v) is 1.89. The zero-order chi connectivity index (χ0) is 14.5. The normalized spacial score (nSPS) is 10.2. The molecule has 0 radical (unpaired) electrons. The van der Waals surface area contributed by atoms with Crippen LogP contribution in [0.2, 0.25) is 0 Å². The van der Waals surface area contributed by atoms with Crippen molar-refractivity contribution in [2.24, 2.45) is 0 Å². The fraction of sp³-hybridized carbons (Fsp3) is 0.188. The number of hydrogen-bond acceptors (Lipinski definition) is 4. The van der Waals surface area contributed by atoms with Crippen LogP contribution >= 0.6 is 0 Å². The van der Waals surface area contributed by atoms with Crippen molar-refractivity contribution in [3.63, 3.8) is 0 Å². The summed E-state index contributed by atoms with van der Waals surface area (Å²) in [5, 5.41) is 1.47. The van der Waals surface area contributed by atoms with Gasteiger partial charge in [-0.3, -0.25) is 4.79 Å². The van der Waals surface area contributed by atoms with Crippen LogP contribution in [-0.2, 0) is 4.74 Å². The third-order valence-electron chi connectivity index (χ3n) is 2.88. The number of fused-ring (bicyclic) bond motifs is 1. The second kappa shape index (κ2) is 6.10. The lowest BCUT2D eigenvalue weighted by Crippen LogP contribution is -2.09. The number of hydrogen-bond donors (Lipinski definition) is 0. The highest BCUT2D eigenvalue weighted by Crippen LogP contribution is 2.20. The molecule has 0 N–H and O–H groups in total. The van der Waals surface area contributed by atoms with Gasteiger partial charge in [0.1, 0.15) is 11.4 Å². The molecular weight excluding hydrogens is 254 g/mol. The van der Waals surface area contributed by atoms with Crippen molar-refractivity contribution in [1.29, 1.82) is 0 Å². The summed E-state index contributed by atoms with van der Waals surface area (Å²) < 4.78 is 5.04. The summed E-state index contributed by atoms with van der Waals surface area (Å²) in [5.41, 5.74) is 1.30. The van der Waals surface area contributed by atoms with Gasteiger partial charge in [-0.15, -0.1) is 0 Å². The Balaban J connectivity index is 2.54. The molecule has 0 bridgehead atoms. The van der Waals surface area contributed by atoms with E-state index in [0.717, 1.165) is 17.4 Å². The van der Waals surface area contributed by atoms with E-state index >= 15 is 0 Å². The maximum Gasteiger partial charge on any atom is 0.356 e. The first-order chi connectivity index (χ1) is 9.69. The molecule has 2 rings (SSSR count). The molecule has 0 spiro atoms. The predicted molar refractivity (Wildman–Crippen MR) is 77.8 cm³/mol. The minimum atomic E-state index is -0.513. The van der Waals surface area contributed by atoms with Crippen LogP contribution in [0.1, 0.15) is 39.9 Å². The monoisotopic (exact) mass is 269 g/mol. The summed E-state index contributed by atoms with van der Waals surface area (Å²) in [7, 11) is 0. The van der Waals surface area contributed by atoms with Crippen molar-refractivity contribution in [2.75, 3.05) is 6.61 Å². The highest BCUT2D eigenvalue weighted by Gasteiger charge is 2.13. The van der Waals surface area contributed by atoms with Crippen molar-refractivity contribution in [3.8, 4) is 0 Å². The third kappa shape index (κ3) is 2.74. The molecule has 4 nitrogen and oxygen atoms in total. The van der Waals surface area contributed by atoms with Gasteiger partial charge in [0, 0.05) is 5.39 Å². The Labute approximate surface area is 117 Å². The topological polar surface area (TPSA) is 56.3 Å². The molecule has 4 heteroatoms. The minimum Gasteiger partial charge on any atom is -0.461 e. The SMILES string of the molecule is C=Cc1ccc2c(C=O)nc(C(=O)OCCC)cc2c1. The smallest absolute Gasteiger partial charge is 0.356 e. The number of aldehydes is 1. The number of rotatable bonds is 5. The molecule has 0 aliphatic rings. The lowest BCUT2D eigenvalue weighted by atomic mass is 10.1. The van der Waals surface area contributed by atoms with Crippen LogP contribution in [0.4, 0.5) is 0 Å². The van der Waals surface area contributed by atoms with Crippen molar-refractivity contribution >= 4 is 29.1 Å². The Hall–Kier alpha value is -2.49. The number of esters is 1. The van der Waals surface area contributed by atoms with Gasteiger partial charge in [-0.1, -0.05) is 31.7 Å². The quantitative estimate of drug-likeness (QED) is 0.617. The van der Waals surface area contributed by atoms with E-state index in [4.69, 9.17) is 4.74 Å². The minimum absolute atomic E-state index is 0.147. The van der Waals surface area contributed by atoms with E-state index in [-0.39, 0.29) is 11.4 Å². The van der Waals surface area contributed by atoms with E-state index in [9.17, 15) is 9.59 Å². The number of ether oxygens (including phenoxy) is 1. The van der Waals surface area contributed by atoms with Crippen LogP contribution in [0.3, 0.4) is 0 Å². The Kier molecular flexibility index (Phi) is 4.25. The number of aromatic nitrogens is 1. The standard InChI is InChI=1S/C16H15NO3/c1-3-7-20-16(19)14-9-12-8-11(4-2)5-6-13(12)15(10-18)17-14/h4-6,8-10H,2-3,7H2,1H3. The molecule has 0 saturated carbocycles. The van der Waals surface area contributed by atoms with Crippen LogP contribution in [0.15, 0.2) is 30.8 Å². The summed E-state index contributed by atoms with van der Waals surface area (Å²) in [5.74, 6) is -0.513. The molecule has 0 aliphatic carbocycles. The van der Waals surface area contributed by atoms with Crippen LogP contribution in [-0.4, -0.2) is 23.8 Å². The molecule has 102 valence electrons. The second-order valence-corrected chi connectivity index (χ2v) is 4.33. The number of benzene rings is 1. The number of carbonyl (C=O) groups excluding carboxylic acids is 2. The average molecular weight is 269 g/mol. The van der Waals surface area contributed by atoms with E-state index in [1.165, 1.54) is 0 Å². The molecule has 0 amide bonds. The molecule has 1 aromatic heterocycles. The summed E-state index contributed by atoms with van der Waals surface area (Å²) in [6, 6.07) is 7.13. The van der Waals surface area contributed by atoms with Crippen molar-refractivity contribution < 1.29 is 14.3 Å². The van der Waals surface area contributed by atoms with Gasteiger partial charge < -0.3 is 4.74 Å². The summed E-state index contributed by atoms with van der Waals surface area (Å²) in [6.45, 7) is 5.95. The fourth-order valence-electron chi connectivity index (χ4n) is 1.89. The van der Waals surface area contributed by atoms with Crippen molar-refractivity contribution in [2.45, 2.75) is 13.3 Å². The van der Waals surface area contributed by atoms with Gasteiger partial charge in [0.05, 0.1) is 6.61 Å². The van der Waals surface area contributed by atoms with E-state index in [1.54, 1.807) is 18.2 Å². The maximum atomic E-state index is 11.8. The first-order valence-electron chi connectivity index (χ1n) is 6.39. The molecule has 0 fully saturated rings. The van der Waals surface area contributed by atoms with Gasteiger partial charge in [0.2, 0.25) is 0 Å². The van der Waals surface area contributed by atoms with E-state index in [0.29, 0.717) is 18.3 Å². The molecule has 1 heterocycles. The number of pyridine rings is 1. The maximum absolute atomic E-state index is 11.8. The average Bonchev–Trinajstić information content (AvgIpc) is 2.50. The molecule has 0 aliphatic heterocycles. The Morgan fingerprint density at radius 3 is 2.85 bits per heavy atom. The van der Waals surface area contributed by atoms with Crippen LogP contribution in [0, 0.1) is 0 Å². The highest BCUT2D eigenvalue weighted by molar-refractivity contribution is 6.01. The summed E-state index contributed by atoms with van der Waals surface area (Å²) in [4.78, 5) is 27.0. The first-order valence-corrected chi connectivity index (χ1v) is 6.39. The zero-order valence-electron chi connectivity index (χ0n) is 11.3. The predicted octanol–water partition coefficient (Wildman–Crippen LogP) is 3.26. The highest BCUT2D eigenvalue weighted by atomic mass is 16.5. The Morgan fingerprint density at radius 1 is 1.40 bits per heavy atom. The van der Waals surface area contributed by atoms with Gasteiger partial charge in [-0.25, -0.2) is 9.78 Å². The van der Waals surface area contributed by atoms with Crippen molar-refractivity contribution in [1.82, 2.24) is 4.98 Å². The van der Waals surface area contributed by atoms with Crippen LogP contribution < -0.4 is 0 Å². The molecule has 1 aromatic carbocycles. The van der Waals surface area contributed by atoms with E-state index in [1.807, 2.05) is 19.1 Å². The molecule has 0 unspecified atom stereocenters. The van der Waals surface area contributed by atoms with Gasteiger partial charge in [-0.2, -0.15) is 0 Å². The molecule has 2 aromatic rings. The third-order valence-corrected chi connectivity index (χ3v) is 2.88. The molecular formula is C16H15NO3. The lowest BCUT2D eigenvalue weighted by molar-refractivity contribution is 0.0498. The number of carbonyl (C=O) groups is 2. The van der Waals surface area contributed by atoms with Gasteiger partial charge in [-0.05, 0) is 29.5 Å².